The number of fused-ring (bicyclic) bond motifs is 1. The Kier molecular flexibility index (Phi) is 6.75. The van der Waals surface area contributed by atoms with Gasteiger partial charge in [-0.05, 0) is 29.8 Å². The molecule has 0 bridgehead atoms. The number of nitrogens with one attached hydrogen (secondary N) is 1. The number of nitro groups is 1. The largest absolute Gasteiger partial charge is 0.330 e. The molecule has 1 N–H and O–H groups in total. The van der Waals surface area contributed by atoms with Crippen LogP contribution < -0.4 is 5.32 Å². The van der Waals surface area contributed by atoms with Crippen LogP contribution in [0.2, 0.25) is 0 Å². The average molecular weight is 485 g/mol. The Morgan fingerprint density at radius 2 is 1.67 bits per heavy atom. The molecular weight excluding hydrogens is 456 g/mol. The molecule has 1 saturated heterocycles. The van der Waals surface area contributed by atoms with E-state index in [1.165, 1.54) is 23.8 Å². The third-order valence-electron chi connectivity index (χ3n) is 6.63. The molecular formula is C27H28N6O3. The fraction of sp³-hybridized carbons (Fsp3) is 0.259. The van der Waals surface area contributed by atoms with E-state index >= 15 is 0 Å². The Balaban J connectivity index is 1.23. The smallest absolute Gasteiger partial charge is 0.270 e. The summed E-state index contributed by atoms with van der Waals surface area (Å²) in [4.78, 5) is 32.9. The third kappa shape index (κ3) is 5.27. The first-order valence-electron chi connectivity index (χ1n) is 12.0. The normalized spacial score (nSPS) is 14.7. The number of rotatable bonds is 7. The van der Waals surface area contributed by atoms with Crippen molar-refractivity contribution in [1.82, 2.24) is 19.4 Å². The summed E-state index contributed by atoms with van der Waals surface area (Å²) in [6.07, 6.45) is 0. The fourth-order valence-corrected chi connectivity index (χ4v) is 4.58. The Bertz CT molecular complexity index is 1390. The minimum Gasteiger partial charge on any atom is -0.330 e. The molecule has 1 aromatic heterocycles. The minimum atomic E-state index is -0.512. The molecule has 1 aliphatic heterocycles. The number of nitro benzene ring substituents is 1. The molecule has 0 unspecified atom stereocenters. The van der Waals surface area contributed by atoms with E-state index in [0.29, 0.717) is 5.69 Å². The summed E-state index contributed by atoms with van der Waals surface area (Å²) in [6, 6.07) is 21.9. The van der Waals surface area contributed by atoms with E-state index in [9.17, 15) is 14.9 Å². The second-order valence-corrected chi connectivity index (χ2v) is 9.09. The molecule has 0 atom stereocenters. The number of non-ortho nitro benzene ring substituents is 1. The predicted molar refractivity (Wildman–Crippen MR) is 139 cm³/mol. The Hall–Kier alpha value is -4.08. The highest BCUT2D eigenvalue weighted by Gasteiger charge is 2.20. The zero-order chi connectivity index (χ0) is 25.1. The topological polar surface area (TPSA) is 96.5 Å². The van der Waals surface area contributed by atoms with Crippen molar-refractivity contribution in [2.75, 3.05) is 31.5 Å². The van der Waals surface area contributed by atoms with Crippen molar-refractivity contribution in [2.45, 2.75) is 13.1 Å². The van der Waals surface area contributed by atoms with Crippen molar-refractivity contribution < 1.29 is 9.72 Å². The van der Waals surface area contributed by atoms with Gasteiger partial charge in [-0.15, -0.1) is 0 Å². The van der Waals surface area contributed by atoms with Crippen LogP contribution in [0.1, 0.15) is 21.7 Å². The molecule has 1 fully saturated rings. The van der Waals surface area contributed by atoms with Crippen molar-refractivity contribution in [1.29, 1.82) is 0 Å². The molecule has 3 aromatic carbocycles. The first-order chi connectivity index (χ1) is 17.5. The zero-order valence-corrected chi connectivity index (χ0v) is 20.1. The highest BCUT2D eigenvalue weighted by molar-refractivity contribution is 6.05. The van der Waals surface area contributed by atoms with E-state index in [1.807, 2.05) is 31.3 Å². The summed E-state index contributed by atoms with van der Waals surface area (Å²) in [6.45, 7) is 5.76. The van der Waals surface area contributed by atoms with Gasteiger partial charge in [0.25, 0.3) is 11.6 Å². The van der Waals surface area contributed by atoms with Gasteiger partial charge in [-0.3, -0.25) is 24.7 Å². The molecule has 9 nitrogen and oxygen atoms in total. The molecule has 2 heterocycles. The number of anilines is 1. The summed E-state index contributed by atoms with van der Waals surface area (Å²) in [5.41, 5.74) is 3.84. The lowest BCUT2D eigenvalue weighted by atomic mass is 10.2. The van der Waals surface area contributed by atoms with E-state index in [1.54, 1.807) is 6.07 Å². The minimum absolute atomic E-state index is 0.117. The van der Waals surface area contributed by atoms with Crippen LogP contribution in [-0.4, -0.2) is 56.4 Å². The van der Waals surface area contributed by atoms with Gasteiger partial charge in [-0.1, -0.05) is 36.4 Å². The SMILES string of the molecule is Cn1c(CN2CCN(Cc3ccccc3)CC2)nc2cc(NC(=O)c3cccc([N+](=O)[O-])c3)ccc21. The summed E-state index contributed by atoms with van der Waals surface area (Å²) in [5.74, 6) is 0.575. The third-order valence-corrected chi connectivity index (χ3v) is 6.63. The molecule has 5 rings (SSSR count). The molecule has 36 heavy (non-hydrogen) atoms. The molecule has 184 valence electrons. The summed E-state index contributed by atoms with van der Waals surface area (Å²) in [7, 11) is 2.01. The van der Waals surface area contributed by atoms with Gasteiger partial charge in [-0.25, -0.2) is 4.98 Å². The maximum atomic E-state index is 12.6. The number of aromatic nitrogens is 2. The van der Waals surface area contributed by atoms with E-state index < -0.39 is 10.8 Å². The van der Waals surface area contributed by atoms with Crippen molar-refractivity contribution in [3.05, 3.63) is 99.9 Å². The van der Waals surface area contributed by atoms with Crippen molar-refractivity contribution in [3.8, 4) is 0 Å². The lowest BCUT2D eigenvalue weighted by molar-refractivity contribution is -0.384. The van der Waals surface area contributed by atoms with Gasteiger partial charge in [0, 0.05) is 63.2 Å². The van der Waals surface area contributed by atoms with Crippen LogP contribution in [0.3, 0.4) is 0 Å². The van der Waals surface area contributed by atoms with E-state index in [-0.39, 0.29) is 11.3 Å². The van der Waals surface area contributed by atoms with Gasteiger partial charge in [0.05, 0.1) is 22.5 Å². The van der Waals surface area contributed by atoms with Crippen LogP contribution in [0.15, 0.2) is 72.8 Å². The van der Waals surface area contributed by atoms with Crippen molar-refractivity contribution in [2.24, 2.45) is 7.05 Å². The molecule has 9 heteroatoms. The van der Waals surface area contributed by atoms with Crippen LogP contribution in [0.25, 0.3) is 11.0 Å². The highest BCUT2D eigenvalue weighted by atomic mass is 16.6. The molecule has 1 aliphatic rings. The summed E-state index contributed by atoms with van der Waals surface area (Å²) >= 11 is 0. The number of amides is 1. The summed E-state index contributed by atoms with van der Waals surface area (Å²) < 4.78 is 2.10. The monoisotopic (exact) mass is 484 g/mol. The number of benzene rings is 3. The molecule has 4 aromatic rings. The number of hydrogen-bond acceptors (Lipinski definition) is 6. The second-order valence-electron chi connectivity index (χ2n) is 9.09. The Morgan fingerprint density at radius 3 is 2.39 bits per heavy atom. The zero-order valence-electron chi connectivity index (χ0n) is 20.1. The van der Waals surface area contributed by atoms with E-state index in [2.05, 4.69) is 43.9 Å². The number of hydrogen-bond donors (Lipinski definition) is 1. The summed E-state index contributed by atoms with van der Waals surface area (Å²) in [5, 5.41) is 13.8. The molecule has 1 amide bonds. The van der Waals surface area contributed by atoms with Crippen LogP contribution >= 0.6 is 0 Å². The van der Waals surface area contributed by atoms with E-state index in [0.717, 1.165) is 56.1 Å². The lowest BCUT2D eigenvalue weighted by Gasteiger charge is -2.34. The van der Waals surface area contributed by atoms with Crippen molar-refractivity contribution in [3.63, 3.8) is 0 Å². The van der Waals surface area contributed by atoms with Gasteiger partial charge in [0.1, 0.15) is 5.82 Å². The van der Waals surface area contributed by atoms with Gasteiger partial charge in [0.2, 0.25) is 0 Å². The highest BCUT2D eigenvalue weighted by Crippen LogP contribution is 2.22. The van der Waals surface area contributed by atoms with Gasteiger partial charge in [-0.2, -0.15) is 0 Å². The first-order valence-corrected chi connectivity index (χ1v) is 12.0. The fourth-order valence-electron chi connectivity index (χ4n) is 4.58. The Labute approximate surface area is 209 Å². The number of nitrogens with zero attached hydrogens (tertiary/aromatic N) is 5. The standard InChI is InChI=1S/C27H28N6O3/c1-30-25-11-10-22(28-27(34)21-8-5-9-23(16-21)33(35)36)17-24(25)29-26(30)19-32-14-12-31(13-15-32)18-20-6-3-2-4-7-20/h2-11,16-17H,12-15,18-19H2,1H3,(H,28,34). The number of carbonyl (C=O) groups is 1. The Morgan fingerprint density at radius 1 is 0.944 bits per heavy atom. The molecule has 0 spiro atoms. The number of aryl methyl sites for hydroxylation is 1. The predicted octanol–water partition coefficient (Wildman–Crippen LogP) is 4.05. The van der Waals surface area contributed by atoms with Crippen LogP contribution in [0, 0.1) is 10.1 Å². The van der Waals surface area contributed by atoms with Crippen LogP contribution in [0.5, 0.6) is 0 Å². The number of piperazine rings is 1. The van der Waals surface area contributed by atoms with Gasteiger partial charge >= 0.3 is 0 Å². The number of carbonyl (C=O) groups excluding carboxylic acids is 1. The average Bonchev–Trinajstić information content (AvgIpc) is 3.20. The maximum Gasteiger partial charge on any atom is 0.270 e. The second kappa shape index (κ2) is 10.3. The lowest BCUT2D eigenvalue weighted by Crippen LogP contribution is -2.45. The number of imidazole rings is 1. The van der Waals surface area contributed by atoms with Crippen LogP contribution in [-0.2, 0) is 20.1 Å². The van der Waals surface area contributed by atoms with E-state index in [4.69, 9.17) is 4.98 Å². The quantitative estimate of drug-likeness (QED) is 0.314. The molecule has 0 aliphatic carbocycles. The van der Waals surface area contributed by atoms with Crippen molar-refractivity contribution >= 4 is 28.3 Å². The van der Waals surface area contributed by atoms with Gasteiger partial charge in [0.15, 0.2) is 0 Å². The van der Waals surface area contributed by atoms with Crippen LogP contribution in [0.4, 0.5) is 11.4 Å². The maximum absolute atomic E-state index is 12.6. The van der Waals surface area contributed by atoms with Gasteiger partial charge < -0.3 is 9.88 Å². The first kappa shape index (κ1) is 23.7. The molecule has 0 saturated carbocycles. The molecule has 0 radical (unpaired) electrons.